The highest BCUT2D eigenvalue weighted by atomic mass is 14.4. The second-order valence-electron chi connectivity index (χ2n) is 5.54. The third-order valence-corrected chi connectivity index (χ3v) is 4.92. The molecule has 1 saturated carbocycles. The van der Waals surface area contributed by atoms with Crippen molar-refractivity contribution in [1.82, 2.24) is 0 Å². The quantitative estimate of drug-likeness (QED) is 0.609. The van der Waals surface area contributed by atoms with Crippen molar-refractivity contribution in [2.75, 3.05) is 0 Å². The summed E-state index contributed by atoms with van der Waals surface area (Å²) >= 11 is 0. The van der Waals surface area contributed by atoms with E-state index in [-0.39, 0.29) is 0 Å². The molecule has 0 nitrogen and oxygen atoms in total. The molecule has 0 aromatic rings. The van der Waals surface area contributed by atoms with Crippen molar-refractivity contribution in [3.63, 3.8) is 0 Å². The number of rotatable bonds is 4. The molecule has 5 atom stereocenters. The van der Waals surface area contributed by atoms with Gasteiger partial charge in [0.1, 0.15) is 0 Å². The molecule has 0 heterocycles. The molecule has 1 aliphatic rings. The van der Waals surface area contributed by atoms with Crippen molar-refractivity contribution in [2.24, 2.45) is 29.6 Å². The number of hydrogen-bond donors (Lipinski definition) is 0. The van der Waals surface area contributed by atoms with Crippen molar-refractivity contribution < 1.29 is 0 Å². The van der Waals surface area contributed by atoms with Gasteiger partial charge in [-0.1, -0.05) is 53.9 Å². The topological polar surface area (TPSA) is 0 Å². The van der Waals surface area contributed by atoms with Gasteiger partial charge in [-0.05, 0) is 36.0 Å². The van der Waals surface area contributed by atoms with E-state index in [0.717, 1.165) is 29.6 Å². The van der Waals surface area contributed by atoms with Gasteiger partial charge in [-0.25, -0.2) is 0 Å². The van der Waals surface area contributed by atoms with Gasteiger partial charge in [0.25, 0.3) is 0 Å². The van der Waals surface area contributed by atoms with E-state index >= 15 is 0 Å². The van der Waals surface area contributed by atoms with Gasteiger partial charge in [0.2, 0.25) is 0 Å². The van der Waals surface area contributed by atoms with Crippen LogP contribution in [-0.4, -0.2) is 0 Å². The number of hydrogen-bond acceptors (Lipinski definition) is 0. The fourth-order valence-electron chi connectivity index (χ4n) is 3.46. The average Bonchev–Trinajstić information content (AvgIpc) is 2.57. The highest BCUT2D eigenvalue weighted by Crippen LogP contribution is 2.45. The van der Waals surface area contributed by atoms with Crippen molar-refractivity contribution in [3.8, 4) is 0 Å². The highest BCUT2D eigenvalue weighted by molar-refractivity contribution is 4.86. The van der Waals surface area contributed by atoms with E-state index < -0.39 is 0 Å². The molecule has 0 amide bonds. The Balaban J connectivity index is 2.58. The second-order valence-corrected chi connectivity index (χ2v) is 5.54. The van der Waals surface area contributed by atoms with E-state index in [1.165, 1.54) is 25.7 Å². The minimum atomic E-state index is 0.916. The standard InChI is InChI=1S/C14H28/c1-6-10(3)12(5)14-9-8-11(4)13(14)7-2/h10-14H,6-9H2,1-5H3. The van der Waals surface area contributed by atoms with Crippen molar-refractivity contribution in [2.45, 2.75) is 60.3 Å². The Morgan fingerprint density at radius 3 is 2.29 bits per heavy atom. The smallest absolute Gasteiger partial charge is 0.0355 e. The first kappa shape index (κ1) is 12.1. The summed E-state index contributed by atoms with van der Waals surface area (Å²) in [6.07, 6.45) is 5.71. The summed E-state index contributed by atoms with van der Waals surface area (Å²) < 4.78 is 0. The van der Waals surface area contributed by atoms with E-state index in [2.05, 4.69) is 34.6 Å². The van der Waals surface area contributed by atoms with Crippen LogP contribution in [0.2, 0.25) is 0 Å². The Morgan fingerprint density at radius 2 is 1.79 bits per heavy atom. The van der Waals surface area contributed by atoms with Gasteiger partial charge < -0.3 is 0 Å². The SMILES string of the molecule is CCC(C)C(C)C1CCC(C)C1CC. The van der Waals surface area contributed by atoms with Gasteiger partial charge in [0.05, 0.1) is 0 Å². The molecule has 5 unspecified atom stereocenters. The van der Waals surface area contributed by atoms with Gasteiger partial charge >= 0.3 is 0 Å². The van der Waals surface area contributed by atoms with Gasteiger partial charge in [-0.15, -0.1) is 0 Å². The van der Waals surface area contributed by atoms with E-state index in [9.17, 15) is 0 Å². The predicted molar refractivity (Wildman–Crippen MR) is 64.3 cm³/mol. The van der Waals surface area contributed by atoms with Crippen LogP contribution in [0.15, 0.2) is 0 Å². The van der Waals surface area contributed by atoms with Crippen LogP contribution in [-0.2, 0) is 0 Å². The Labute approximate surface area is 90.5 Å². The molecule has 1 rings (SSSR count). The molecular formula is C14H28. The molecule has 0 N–H and O–H groups in total. The van der Waals surface area contributed by atoms with Crippen molar-refractivity contribution >= 4 is 0 Å². The first-order valence-corrected chi connectivity index (χ1v) is 6.61. The van der Waals surface area contributed by atoms with Crippen LogP contribution in [0.25, 0.3) is 0 Å². The summed E-state index contributed by atoms with van der Waals surface area (Å²) in [6.45, 7) is 12.1. The average molecular weight is 196 g/mol. The van der Waals surface area contributed by atoms with Gasteiger partial charge in [0, 0.05) is 0 Å². The van der Waals surface area contributed by atoms with E-state index in [1.807, 2.05) is 0 Å². The van der Waals surface area contributed by atoms with Gasteiger partial charge in [-0.2, -0.15) is 0 Å². The summed E-state index contributed by atoms with van der Waals surface area (Å²) in [4.78, 5) is 0. The molecular weight excluding hydrogens is 168 g/mol. The monoisotopic (exact) mass is 196 g/mol. The largest absolute Gasteiger partial charge is 0.0651 e. The molecule has 0 saturated heterocycles. The first-order valence-electron chi connectivity index (χ1n) is 6.61. The molecule has 0 aromatic heterocycles. The van der Waals surface area contributed by atoms with Crippen molar-refractivity contribution in [1.29, 1.82) is 0 Å². The van der Waals surface area contributed by atoms with Crippen LogP contribution in [0.3, 0.4) is 0 Å². The highest BCUT2D eigenvalue weighted by Gasteiger charge is 2.36. The van der Waals surface area contributed by atoms with Crippen LogP contribution in [0.4, 0.5) is 0 Å². The third kappa shape index (κ3) is 2.32. The summed E-state index contributed by atoms with van der Waals surface area (Å²) in [6, 6.07) is 0. The lowest BCUT2D eigenvalue weighted by Gasteiger charge is -2.30. The van der Waals surface area contributed by atoms with Crippen LogP contribution >= 0.6 is 0 Å². The molecule has 0 bridgehead atoms. The van der Waals surface area contributed by atoms with Crippen LogP contribution in [0.1, 0.15) is 60.3 Å². The van der Waals surface area contributed by atoms with Crippen LogP contribution < -0.4 is 0 Å². The molecule has 1 aliphatic carbocycles. The molecule has 0 radical (unpaired) electrons. The van der Waals surface area contributed by atoms with Crippen molar-refractivity contribution in [3.05, 3.63) is 0 Å². The fourth-order valence-corrected chi connectivity index (χ4v) is 3.46. The zero-order valence-corrected chi connectivity index (χ0v) is 10.7. The Morgan fingerprint density at radius 1 is 1.14 bits per heavy atom. The maximum atomic E-state index is 2.49. The van der Waals surface area contributed by atoms with Gasteiger partial charge in [-0.3, -0.25) is 0 Å². The van der Waals surface area contributed by atoms with Crippen LogP contribution in [0, 0.1) is 29.6 Å². The molecule has 1 fully saturated rings. The molecule has 0 spiro atoms. The molecule has 0 heteroatoms. The maximum absolute atomic E-state index is 2.49. The van der Waals surface area contributed by atoms with E-state index in [4.69, 9.17) is 0 Å². The molecule has 0 aromatic carbocycles. The molecule has 84 valence electrons. The van der Waals surface area contributed by atoms with E-state index in [1.54, 1.807) is 0 Å². The summed E-state index contributed by atoms with van der Waals surface area (Å²) in [5.41, 5.74) is 0. The first-order chi connectivity index (χ1) is 6.61. The zero-order chi connectivity index (χ0) is 10.7. The van der Waals surface area contributed by atoms with Gasteiger partial charge in [0.15, 0.2) is 0 Å². The lowest BCUT2D eigenvalue weighted by atomic mass is 9.75. The second kappa shape index (κ2) is 5.19. The molecule has 0 aliphatic heterocycles. The fraction of sp³-hybridized carbons (Fsp3) is 1.00. The minimum absolute atomic E-state index is 0.916. The molecule has 14 heavy (non-hydrogen) atoms. The lowest BCUT2D eigenvalue weighted by Crippen LogP contribution is -2.23. The summed E-state index contributed by atoms with van der Waals surface area (Å²) in [5.74, 6) is 4.87. The summed E-state index contributed by atoms with van der Waals surface area (Å²) in [5, 5.41) is 0. The normalized spacial score (nSPS) is 37.1. The predicted octanol–water partition coefficient (Wildman–Crippen LogP) is 4.74. The van der Waals surface area contributed by atoms with Crippen LogP contribution in [0.5, 0.6) is 0 Å². The Hall–Kier alpha value is 0. The lowest BCUT2D eigenvalue weighted by molar-refractivity contribution is 0.185. The Kier molecular flexibility index (Phi) is 4.47. The Bertz CT molecular complexity index is 161. The zero-order valence-electron chi connectivity index (χ0n) is 10.7. The maximum Gasteiger partial charge on any atom is -0.0355 e. The summed E-state index contributed by atoms with van der Waals surface area (Å²) in [7, 11) is 0. The minimum Gasteiger partial charge on any atom is -0.0651 e. The van der Waals surface area contributed by atoms with E-state index in [0.29, 0.717) is 0 Å². The third-order valence-electron chi connectivity index (χ3n) is 4.92.